The summed E-state index contributed by atoms with van der Waals surface area (Å²) in [4.78, 5) is 16.7. The molecule has 106 valence electrons. The highest BCUT2D eigenvalue weighted by Gasteiger charge is 2.51. The predicted octanol–water partition coefficient (Wildman–Crippen LogP) is 1.38. The third-order valence-corrected chi connectivity index (χ3v) is 3.90. The summed E-state index contributed by atoms with van der Waals surface area (Å²) in [6.45, 7) is 4.93. The van der Waals surface area contributed by atoms with Gasteiger partial charge in [-0.05, 0) is 32.7 Å². The maximum atomic E-state index is 12.4. The Balaban J connectivity index is 2.25. The van der Waals surface area contributed by atoms with Gasteiger partial charge in [0.1, 0.15) is 11.4 Å². The molecule has 1 saturated carbocycles. The molecule has 1 aliphatic rings. The molecule has 5 nitrogen and oxygen atoms in total. The van der Waals surface area contributed by atoms with Gasteiger partial charge in [-0.2, -0.15) is 0 Å². The van der Waals surface area contributed by atoms with E-state index >= 15 is 0 Å². The normalized spacial score (nSPS) is 18.1. The van der Waals surface area contributed by atoms with Crippen LogP contribution < -0.4 is 5.32 Å². The van der Waals surface area contributed by atoms with E-state index in [4.69, 9.17) is 4.74 Å². The molecule has 1 aromatic rings. The number of hydrogen-bond donors (Lipinski definition) is 1. The lowest BCUT2D eigenvalue weighted by Crippen LogP contribution is -2.56. The van der Waals surface area contributed by atoms with E-state index in [1.807, 2.05) is 20.2 Å². The van der Waals surface area contributed by atoms with Crippen LogP contribution in [0.3, 0.4) is 0 Å². The Bertz CT molecular complexity index is 440. The maximum absolute atomic E-state index is 12.4. The van der Waals surface area contributed by atoms with Gasteiger partial charge in [0.05, 0.1) is 13.2 Å². The van der Waals surface area contributed by atoms with Crippen molar-refractivity contribution in [2.75, 3.05) is 13.7 Å². The topological polar surface area (TPSA) is 56.2 Å². The summed E-state index contributed by atoms with van der Waals surface area (Å²) < 4.78 is 7.35. The number of imidazole rings is 1. The molecular weight excluding hydrogens is 242 g/mol. The summed E-state index contributed by atoms with van der Waals surface area (Å²) in [6.07, 6.45) is 6.75. The van der Waals surface area contributed by atoms with Crippen molar-refractivity contribution >= 4 is 5.97 Å². The molecule has 0 radical (unpaired) electrons. The van der Waals surface area contributed by atoms with Gasteiger partial charge >= 0.3 is 5.97 Å². The summed E-state index contributed by atoms with van der Waals surface area (Å²) in [6, 6.07) is 0. The van der Waals surface area contributed by atoms with Crippen LogP contribution in [0.15, 0.2) is 12.4 Å². The van der Waals surface area contributed by atoms with E-state index in [0.29, 0.717) is 19.1 Å². The molecule has 1 fully saturated rings. The molecule has 1 atom stereocenters. The number of carbonyl (C=O) groups is 1. The zero-order valence-electron chi connectivity index (χ0n) is 12.0. The van der Waals surface area contributed by atoms with Gasteiger partial charge in [-0.15, -0.1) is 0 Å². The van der Waals surface area contributed by atoms with E-state index in [1.165, 1.54) is 0 Å². The van der Waals surface area contributed by atoms with Crippen molar-refractivity contribution in [2.45, 2.75) is 45.2 Å². The highest BCUT2D eigenvalue weighted by Crippen LogP contribution is 2.41. The van der Waals surface area contributed by atoms with Crippen LogP contribution in [-0.2, 0) is 22.5 Å². The zero-order chi connectivity index (χ0) is 13.9. The number of nitrogens with zero attached hydrogens (tertiary/aromatic N) is 2. The minimum atomic E-state index is -0.610. The Morgan fingerprint density at radius 2 is 2.32 bits per heavy atom. The number of aromatic nitrogens is 2. The fourth-order valence-corrected chi connectivity index (χ4v) is 2.65. The van der Waals surface area contributed by atoms with Gasteiger partial charge in [-0.1, -0.05) is 6.92 Å². The van der Waals surface area contributed by atoms with Gasteiger partial charge in [0.2, 0.25) is 0 Å². The van der Waals surface area contributed by atoms with Crippen molar-refractivity contribution in [3.05, 3.63) is 18.2 Å². The highest BCUT2D eigenvalue weighted by atomic mass is 16.5. The molecule has 0 bridgehead atoms. The Hall–Kier alpha value is -1.36. The number of likely N-dealkylation sites (N-methyl/N-ethyl adjacent to an activating group) is 1. The van der Waals surface area contributed by atoms with Crippen molar-refractivity contribution in [2.24, 2.45) is 5.92 Å². The van der Waals surface area contributed by atoms with Crippen LogP contribution in [0.2, 0.25) is 0 Å². The van der Waals surface area contributed by atoms with Crippen LogP contribution in [0.25, 0.3) is 0 Å². The lowest BCUT2D eigenvalue weighted by atomic mass is 9.93. The molecule has 1 N–H and O–H groups in total. The van der Waals surface area contributed by atoms with Crippen LogP contribution in [0.1, 0.15) is 32.5 Å². The van der Waals surface area contributed by atoms with Gasteiger partial charge < -0.3 is 14.6 Å². The lowest BCUT2D eigenvalue weighted by molar-refractivity contribution is -0.152. The average molecular weight is 265 g/mol. The minimum Gasteiger partial charge on any atom is -0.465 e. The first kappa shape index (κ1) is 14.1. The van der Waals surface area contributed by atoms with Crippen molar-refractivity contribution in [1.82, 2.24) is 14.9 Å². The molecule has 0 aromatic carbocycles. The Morgan fingerprint density at radius 3 is 2.84 bits per heavy atom. The van der Waals surface area contributed by atoms with Crippen molar-refractivity contribution in [3.63, 3.8) is 0 Å². The first-order chi connectivity index (χ1) is 9.17. The Kier molecular flexibility index (Phi) is 4.24. The smallest absolute Gasteiger partial charge is 0.328 e. The Labute approximate surface area is 114 Å². The average Bonchev–Trinajstić information content (AvgIpc) is 3.17. The summed E-state index contributed by atoms with van der Waals surface area (Å²) in [5.74, 6) is 1.23. The fraction of sp³-hybridized carbons (Fsp3) is 0.714. The van der Waals surface area contributed by atoms with E-state index in [2.05, 4.69) is 21.8 Å². The molecule has 0 saturated heterocycles. The number of rotatable bonds is 7. The first-order valence-corrected chi connectivity index (χ1v) is 7.04. The first-order valence-electron chi connectivity index (χ1n) is 7.04. The summed E-state index contributed by atoms with van der Waals surface area (Å²) >= 11 is 0. The van der Waals surface area contributed by atoms with Crippen LogP contribution in [-0.4, -0.2) is 34.7 Å². The molecule has 0 spiro atoms. The predicted molar refractivity (Wildman–Crippen MR) is 72.8 cm³/mol. The third kappa shape index (κ3) is 2.66. The van der Waals surface area contributed by atoms with E-state index in [9.17, 15) is 4.79 Å². The quantitative estimate of drug-likeness (QED) is 0.757. The summed E-state index contributed by atoms with van der Waals surface area (Å²) in [5, 5.41) is 3.23. The monoisotopic (exact) mass is 265 g/mol. The van der Waals surface area contributed by atoms with E-state index in [-0.39, 0.29) is 5.97 Å². The van der Waals surface area contributed by atoms with Gasteiger partial charge in [0.25, 0.3) is 0 Å². The number of hydrogen-bond acceptors (Lipinski definition) is 4. The molecule has 0 aliphatic heterocycles. The van der Waals surface area contributed by atoms with Crippen molar-refractivity contribution in [3.8, 4) is 0 Å². The molecule has 1 heterocycles. The number of carbonyl (C=O) groups excluding carboxylic acids is 1. The third-order valence-electron chi connectivity index (χ3n) is 3.90. The van der Waals surface area contributed by atoms with Gasteiger partial charge in [0, 0.05) is 18.8 Å². The summed E-state index contributed by atoms with van der Waals surface area (Å²) in [5.41, 5.74) is -0.610. The molecule has 1 aromatic heterocycles. The largest absolute Gasteiger partial charge is 0.465 e. The minimum absolute atomic E-state index is 0.143. The van der Waals surface area contributed by atoms with Crippen molar-refractivity contribution in [1.29, 1.82) is 0 Å². The fourth-order valence-electron chi connectivity index (χ4n) is 2.65. The van der Waals surface area contributed by atoms with Crippen LogP contribution >= 0.6 is 0 Å². The van der Waals surface area contributed by atoms with E-state index < -0.39 is 5.54 Å². The second-order valence-electron chi connectivity index (χ2n) is 5.04. The van der Waals surface area contributed by atoms with E-state index in [0.717, 1.165) is 25.1 Å². The molecule has 19 heavy (non-hydrogen) atoms. The maximum Gasteiger partial charge on any atom is 0.328 e. The summed E-state index contributed by atoms with van der Waals surface area (Å²) in [7, 11) is 1.85. The number of aryl methyl sites for hydroxylation is 1. The molecular formula is C14H23N3O2. The Morgan fingerprint density at radius 1 is 1.58 bits per heavy atom. The van der Waals surface area contributed by atoms with Crippen LogP contribution in [0, 0.1) is 5.92 Å². The highest BCUT2D eigenvalue weighted by molar-refractivity contribution is 5.81. The lowest BCUT2D eigenvalue weighted by Gasteiger charge is -2.32. The van der Waals surface area contributed by atoms with Crippen LogP contribution in [0.5, 0.6) is 0 Å². The van der Waals surface area contributed by atoms with Crippen molar-refractivity contribution < 1.29 is 9.53 Å². The second-order valence-corrected chi connectivity index (χ2v) is 5.04. The zero-order valence-corrected chi connectivity index (χ0v) is 12.0. The standard InChI is InChI=1S/C14H23N3O2/c1-4-12-16-8-9-17(12)10-14(15-3,11-6-7-11)13(18)19-5-2/h8-9,11,15H,4-7,10H2,1-3H3. The van der Waals surface area contributed by atoms with Crippen LogP contribution in [0.4, 0.5) is 0 Å². The molecule has 1 unspecified atom stereocenters. The molecule has 1 aliphatic carbocycles. The SMILES string of the molecule is CCOC(=O)C(Cn1ccnc1CC)(NC)C1CC1. The van der Waals surface area contributed by atoms with Gasteiger partial charge in [-0.25, -0.2) is 9.78 Å². The number of ether oxygens (including phenoxy) is 1. The second kappa shape index (κ2) is 5.74. The number of nitrogens with one attached hydrogen (secondary N) is 1. The van der Waals surface area contributed by atoms with Gasteiger partial charge in [-0.3, -0.25) is 0 Å². The van der Waals surface area contributed by atoms with Gasteiger partial charge in [0.15, 0.2) is 0 Å². The molecule has 2 rings (SSSR count). The van der Waals surface area contributed by atoms with E-state index in [1.54, 1.807) is 6.20 Å². The number of esters is 1. The molecule has 0 amide bonds. The molecule has 5 heteroatoms.